The van der Waals surface area contributed by atoms with Crippen molar-refractivity contribution in [2.24, 2.45) is 0 Å². The van der Waals surface area contributed by atoms with Gasteiger partial charge < -0.3 is 15.3 Å². The van der Waals surface area contributed by atoms with E-state index in [9.17, 15) is 14.4 Å². The molecule has 1 aromatic heterocycles. The highest BCUT2D eigenvalue weighted by atomic mass is 35.5. The van der Waals surface area contributed by atoms with Gasteiger partial charge in [-0.3, -0.25) is 9.59 Å². The summed E-state index contributed by atoms with van der Waals surface area (Å²) in [6, 6.07) is 14.2. The van der Waals surface area contributed by atoms with Gasteiger partial charge in [0, 0.05) is 22.9 Å². The van der Waals surface area contributed by atoms with E-state index in [1.54, 1.807) is 30.3 Å². The second-order valence-corrected chi connectivity index (χ2v) is 8.38. The number of thiophene rings is 1. The zero-order valence-corrected chi connectivity index (χ0v) is 17.2. The number of hydrogen-bond donors (Lipinski definition) is 2. The molecule has 2 heterocycles. The largest absolute Gasteiger partial charge is 0.478 e. The number of hydrogen-bond acceptors (Lipinski definition) is 4. The summed E-state index contributed by atoms with van der Waals surface area (Å²) < 4.78 is 0. The first-order chi connectivity index (χ1) is 14.4. The molecule has 2 amide bonds. The van der Waals surface area contributed by atoms with Crippen LogP contribution in [-0.2, 0) is 17.8 Å². The number of benzene rings is 2. The molecule has 0 bridgehead atoms. The van der Waals surface area contributed by atoms with Crippen molar-refractivity contribution < 1.29 is 19.5 Å². The van der Waals surface area contributed by atoms with Crippen LogP contribution in [0.2, 0.25) is 5.02 Å². The highest BCUT2D eigenvalue weighted by Gasteiger charge is 2.35. The molecule has 0 spiro atoms. The minimum atomic E-state index is -1.02. The van der Waals surface area contributed by atoms with Crippen molar-refractivity contribution >= 4 is 46.4 Å². The number of nitrogens with one attached hydrogen (secondary N) is 1. The molecule has 0 fully saturated rings. The molecule has 8 heteroatoms. The average molecular weight is 441 g/mol. The Hall–Kier alpha value is -3.16. The molecule has 4 rings (SSSR count). The van der Waals surface area contributed by atoms with E-state index in [4.69, 9.17) is 16.7 Å². The molecule has 30 heavy (non-hydrogen) atoms. The van der Waals surface area contributed by atoms with Gasteiger partial charge >= 0.3 is 5.97 Å². The molecule has 3 aromatic rings. The molecule has 1 atom stereocenters. The Labute approximate surface area is 181 Å². The number of anilines is 1. The lowest BCUT2D eigenvalue weighted by Crippen LogP contribution is -2.46. The normalized spacial score (nSPS) is 16.0. The number of carboxylic acids is 1. The standard InChI is InChI=1S/C22H17ClN2O4S/c23-15-7-8-17-18(10-15)24-20(26)19(11-16-2-1-9-30-16)25(21(17)27)12-13-3-5-14(6-4-13)22(28)29/h1-10,19H,11-12H2,(H,24,26)(H,28,29). The summed E-state index contributed by atoms with van der Waals surface area (Å²) in [5, 5.41) is 14.3. The minimum Gasteiger partial charge on any atom is -0.478 e. The van der Waals surface area contributed by atoms with Crippen LogP contribution >= 0.6 is 22.9 Å². The van der Waals surface area contributed by atoms with Crippen molar-refractivity contribution in [2.75, 3.05) is 5.32 Å². The van der Waals surface area contributed by atoms with Crippen molar-refractivity contribution in [1.29, 1.82) is 0 Å². The molecular formula is C22H17ClN2O4S. The summed E-state index contributed by atoms with van der Waals surface area (Å²) in [6.07, 6.45) is 0.379. The summed E-state index contributed by atoms with van der Waals surface area (Å²) in [5.41, 5.74) is 1.64. The fourth-order valence-corrected chi connectivity index (χ4v) is 4.33. The maximum Gasteiger partial charge on any atom is 0.335 e. The van der Waals surface area contributed by atoms with Crippen LogP contribution in [-0.4, -0.2) is 33.8 Å². The first-order valence-electron chi connectivity index (χ1n) is 9.18. The van der Waals surface area contributed by atoms with Gasteiger partial charge in [0.25, 0.3) is 5.91 Å². The van der Waals surface area contributed by atoms with Crippen molar-refractivity contribution in [3.05, 3.63) is 86.6 Å². The number of aromatic carboxylic acids is 1. The zero-order chi connectivity index (χ0) is 21.3. The highest BCUT2D eigenvalue weighted by Crippen LogP contribution is 2.29. The number of carboxylic acid groups (broad SMARTS) is 1. The van der Waals surface area contributed by atoms with Crippen molar-refractivity contribution in [3.63, 3.8) is 0 Å². The van der Waals surface area contributed by atoms with Gasteiger partial charge in [0.2, 0.25) is 5.91 Å². The molecule has 0 aliphatic carbocycles. The maximum absolute atomic E-state index is 13.4. The third kappa shape index (κ3) is 4.08. The van der Waals surface area contributed by atoms with Crippen LogP contribution in [0, 0.1) is 0 Å². The van der Waals surface area contributed by atoms with E-state index in [2.05, 4.69) is 5.32 Å². The predicted molar refractivity (Wildman–Crippen MR) is 115 cm³/mol. The molecule has 2 N–H and O–H groups in total. The number of amides is 2. The lowest BCUT2D eigenvalue weighted by Gasteiger charge is -2.28. The number of nitrogens with zero attached hydrogens (tertiary/aromatic N) is 1. The number of carbonyl (C=O) groups excluding carboxylic acids is 2. The molecule has 0 saturated carbocycles. The fraction of sp³-hybridized carbons (Fsp3) is 0.136. The summed E-state index contributed by atoms with van der Waals surface area (Å²) >= 11 is 7.58. The van der Waals surface area contributed by atoms with Crippen LogP contribution in [0.15, 0.2) is 60.0 Å². The molecule has 1 aliphatic heterocycles. The second kappa shape index (κ2) is 8.30. The van der Waals surface area contributed by atoms with Gasteiger partial charge in [0.05, 0.1) is 16.8 Å². The fourth-order valence-electron chi connectivity index (χ4n) is 3.41. The van der Waals surface area contributed by atoms with Crippen molar-refractivity contribution in [1.82, 2.24) is 4.90 Å². The topological polar surface area (TPSA) is 86.7 Å². The highest BCUT2D eigenvalue weighted by molar-refractivity contribution is 7.09. The molecular weight excluding hydrogens is 424 g/mol. The third-order valence-electron chi connectivity index (χ3n) is 4.94. The van der Waals surface area contributed by atoms with Gasteiger partial charge in [-0.15, -0.1) is 11.3 Å². The Morgan fingerprint density at radius 3 is 2.57 bits per heavy atom. The molecule has 1 unspecified atom stereocenters. The molecule has 6 nitrogen and oxygen atoms in total. The van der Waals surface area contributed by atoms with Gasteiger partial charge in [-0.1, -0.05) is 29.8 Å². The van der Waals surface area contributed by atoms with Crippen LogP contribution in [0.3, 0.4) is 0 Å². The molecule has 1 aliphatic rings. The lowest BCUT2D eigenvalue weighted by molar-refractivity contribution is -0.120. The van der Waals surface area contributed by atoms with E-state index in [1.165, 1.54) is 28.4 Å². The van der Waals surface area contributed by atoms with Crippen LogP contribution in [0.25, 0.3) is 0 Å². The molecule has 152 valence electrons. The first kappa shape index (κ1) is 20.1. The Morgan fingerprint density at radius 1 is 1.13 bits per heavy atom. The van der Waals surface area contributed by atoms with E-state index in [0.29, 0.717) is 22.7 Å². The second-order valence-electron chi connectivity index (χ2n) is 6.91. The van der Waals surface area contributed by atoms with E-state index < -0.39 is 12.0 Å². The number of carbonyl (C=O) groups is 3. The third-order valence-corrected chi connectivity index (χ3v) is 6.07. The van der Waals surface area contributed by atoms with Crippen molar-refractivity contribution in [3.8, 4) is 0 Å². The summed E-state index contributed by atoms with van der Waals surface area (Å²) in [7, 11) is 0. The Kier molecular flexibility index (Phi) is 5.57. The van der Waals surface area contributed by atoms with E-state index in [1.807, 2.05) is 17.5 Å². The zero-order valence-electron chi connectivity index (χ0n) is 15.7. The maximum atomic E-state index is 13.4. The Bertz CT molecular complexity index is 1110. The van der Waals surface area contributed by atoms with Crippen LogP contribution in [0.1, 0.15) is 31.2 Å². The van der Waals surface area contributed by atoms with Crippen LogP contribution < -0.4 is 5.32 Å². The van der Waals surface area contributed by atoms with E-state index >= 15 is 0 Å². The summed E-state index contributed by atoms with van der Waals surface area (Å²) in [6.45, 7) is 0.171. The molecule has 2 aromatic carbocycles. The Morgan fingerprint density at radius 2 is 1.90 bits per heavy atom. The minimum absolute atomic E-state index is 0.161. The SMILES string of the molecule is O=C(O)c1ccc(CN2C(=O)c3ccc(Cl)cc3NC(=O)C2Cc2cccs2)cc1. The van der Waals surface area contributed by atoms with Gasteiger partial charge in [-0.05, 0) is 47.3 Å². The van der Waals surface area contributed by atoms with E-state index in [0.717, 1.165) is 10.4 Å². The Balaban J connectivity index is 1.72. The number of rotatable bonds is 5. The quantitative estimate of drug-likeness (QED) is 0.619. The molecule has 0 radical (unpaired) electrons. The van der Waals surface area contributed by atoms with Gasteiger partial charge in [0.15, 0.2) is 0 Å². The van der Waals surface area contributed by atoms with E-state index in [-0.39, 0.29) is 23.9 Å². The molecule has 0 saturated heterocycles. The predicted octanol–water partition coefficient (Wildman–Crippen LogP) is 4.31. The first-order valence-corrected chi connectivity index (χ1v) is 10.4. The van der Waals surface area contributed by atoms with Gasteiger partial charge in [-0.25, -0.2) is 4.79 Å². The summed E-state index contributed by atoms with van der Waals surface area (Å²) in [5.74, 6) is -1.60. The summed E-state index contributed by atoms with van der Waals surface area (Å²) in [4.78, 5) is 40.1. The van der Waals surface area contributed by atoms with Gasteiger partial charge in [0.1, 0.15) is 6.04 Å². The van der Waals surface area contributed by atoms with Crippen LogP contribution in [0.5, 0.6) is 0 Å². The van der Waals surface area contributed by atoms with Crippen molar-refractivity contribution in [2.45, 2.75) is 19.0 Å². The average Bonchev–Trinajstić information content (AvgIpc) is 3.21. The monoisotopic (exact) mass is 440 g/mol. The van der Waals surface area contributed by atoms with Crippen LogP contribution in [0.4, 0.5) is 5.69 Å². The number of halogens is 1. The van der Waals surface area contributed by atoms with Gasteiger partial charge in [-0.2, -0.15) is 0 Å². The lowest BCUT2D eigenvalue weighted by atomic mass is 10.1. The smallest absolute Gasteiger partial charge is 0.335 e. The number of fused-ring (bicyclic) bond motifs is 1.